The number of aliphatic carboxylic acids is 1. The zero-order valence-electron chi connectivity index (χ0n) is 11.6. The van der Waals surface area contributed by atoms with E-state index in [1.54, 1.807) is 16.9 Å². The number of carbonyl (C=O) groups is 1. The van der Waals surface area contributed by atoms with E-state index in [-0.39, 0.29) is 5.57 Å². The summed E-state index contributed by atoms with van der Waals surface area (Å²) in [5.74, 6) is -1.29. The van der Waals surface area contributed by atoms with Gasteiger partial charge in [0.15, 0.2) is 0 Å². The minimum absolute atomic E-state index is 0.295. The Bertz CT molecular complexity index is 792. The van der Waals surface area contributed by atoms with Crippen LogP contribution in [0.4, 0.5) is 0 Å². The number of nitrogens with zero attached hydrogens (tertiary/aromatic N) is 4. The number of nitriles is 2. The van der Waals surface area contributed by atoms with Gasteiger partial charge in [-0.2, -0.15) is 15.6 Å². The van der Waals surface area contributed by atoms with E-state index < -0.39 is 5.97 Å². The highest BCUT2D eigenvalue weighted by Crippen LogP contribution is 2.24. The Labute approximate surface area is 127 Å². The van der Waals surface area contributed by atoms with Crippen LogP contribution in [0, 0.1) is 22.7 Å². The van der Waals surface area contributed by atoms with Gasteiger partial charge in [-0.15, -0.1) is 0 Å². The summed E-state index contributed by atoms with van der Waals surface area (Å²) in [6.07, 6.45) is 3.23. The summed E-state index contributed by atoms with van der Waals surface area (Å²) in [5.41, 5.74) is 1.56. The van der Waals surface area contributed by atoms with Crippen LogP contribution >= 0.6 is 0 Å². The van der Waals surface area contributed by atoms with E-state index in [2.05, 4.69) is 5.10 Å². The molecule has 0 spiro atoms. The Balaban J connectivity index is 2.52. The van der Waals surface area contributed by atoms with Gasteiger partial charge in [0, 0.05) is 17.3 Å². The third-order valence-electron chi connectivity index (χ3n) is 2.94. The molecule has 0 aliphatic carbocycles. The number of benzene rings is 1. The van der Waals surface area contributed by atoms with Crippen LogP contribution in [0.25, 0.3) is 17.3 Å². The molecule has 0 unspecified atom stereocenters. The lowest BCUT2D eigenvalue weighted by Gasteiger charge is -1.98. The number of aryl methyl sites for hydroxylation is 1. The summed E-state index contributed by atoms with van der Waals surface area (Å²) in [4.78, 5) is 11.0. The average Bonchev–Trinajstić information content (AvgIpc) is 2.94. The predicted molar refractivity (Wildman–Crippen MR) is 79.1 cm³/mol. The van der Waals surface area contributed by atoms with Gasteiger partial charge in [0.2, 0.25) is 0 Å². The van der Waals surface area contributed by atoms with E-state index in [4.69, 9.17) is 15.6 Å². The third kappa shape index (κ3) is 3.38. The minimum atomic E-state index is -1.29. The molecule has 0 bridgehead atoms. The van der Waals surface area contributed by atoms with Crippen molar-refractivity contribution in [2.75, 3.05) is 0 Å². The standard InChI is InChI=1S/C16H12N4O2/c17-7-4-8-20-11-14(9-13(10-18)16(21)22)15(19-20)12-5-2-1-3-6-12/h1-3,5-6,9,11H,4,8H2,(H,21,22). The maximum Gasteiger partial charge on any atom is 0.346 e. The second-order valence-electron chi connectivity index (χ2n) is 4.45. The van der Waals surface area contributed by atoms with E-state index in [0.29, 0.717) is 24.2 Å². The SMILES string of the molecule is N#CCCn1cc(C=C(C#N)C(=O)O)c(-c2ccccc2)n1. The Kier molecular flexibility index (Phi) is 4.69. The summed E-state index contributed by atoms with van der Waals surface area (Å²) in [6, 6.07) is 12.9. The van der Waals surface area contributed by atoms with Crippen LogP contribution in [-0.4, -0.2) is 20.9 Å². The maximum absolute atomic E-state index is 11.0. The summed E-state index contributed by atoms with van der Waals surface area (Å²) >= 11 is 0. The summed E-state index contributed by atoms with van der Waals surface area (Å²) in [5, 5.41) is 30.9. The zero-order valence-corrected chi connectivity index (χ0v) is 11.6. The average molecular weight is 292 g/mol. The Morgan fingerprint density at radius 1 is 1.32 bits per heavy atom. The fourth-order valence-electron chi connectivity index (χ4n) is 1.94. The smallest absolute Gasteiger partial charge is 0.346 e. The predicted octanol–water partition coefficient (Wildman–Crippen LogP) is 2.46. The van der Waals surface area contributed by atoms with E-state index >= 15 is 0 Å². The second-order valence-corrected chi connectivity index (χ2v) is 4.45. The van der Waals surface area contributed by atoms with Gasteiger partial charge in [-0.05, 0) is 6.08 Å². The van der Waals surface area contributed by atoms with Crippen molar-refractivity contribution in [1.29, 1.82) is 10.5 Å². The topological polar surface area (TPSA) is 103 Å². The van der Waals surface area contributed by atoms with E-state index in [1.165, 1.54) is 6.08 Å². The largest absolute Gasteiger partial charge is 0.477 e. The molecule has 0 aliphatic heterocycles. The molecule has 0 amide bonds. The van der Waals surface area contributed by atoms with Gasteiger partial charge in [0.1, 0.15) is 11.6 Å². The number of rotatable bonds is 5. The number of hydrogen-bond donors (Lipinski definition) is 1. The lowest BCUT2D eigenvalue weighted by Crippen LogP contribution is -1.97. The molecular formula is C16H12N4O2. The number of hydrogen-bond acceptors (Lipinski definition) is 4. The van der Waals surface area contributed by atoms with E-state index in [0.717, 1.165) is 5.56 Å². The van der Waals surface area contributed by atoms with Crippen molar-refractivity contribution in [3.05, 3.63) is 47.7 Å². The molecule has 0 saturated carbocycles. The zero-order chi connectivity index (χ0) is 15.9. The van der Waals surface area contributed by atoms with Gasteiger partial charge in [0.05, 0.1) is 24.7 Å². The number of aromatic nitrogens is 2. The molecule has 6 nitrogen and oxygen atoms in total. The molecule has 22 heavy (non-hydrogen) atoms. The van der Waals surface area contributed by atoms with Crippen LogP contribution in [0.15, 0.2) is 42.1 Å². The van der Waals surface area contributed by atoms with E-state index in [1.807, 2.05) is 36.4 Å². The van der Waals surface area contributed by atoms with Gasteiger partial charge in [0.25, 0.3) is 0 Å². The first-order valence-electron chi connectivity index (χ1n) is 6.50. The normalized spacial score (nSPS) is 10.7. The van der Waals surface area contributed by atoms with Crippen LogP contribution in [0.5, 0.6) is 0 Å². The van der Waals surface area contributed by atoms with Gasteiger partial charge in [-0.1, -0.05) is 30.3 Å². The minimum Gasteiger partial charge on any atom is -0.477 e. The lowest BCUT2D eigenvalue weighted by atomic mass is 10.1. The molecule has 0 saturated heterocycles. The molecule has 0 atom stereocenters. The van der Waals surface area contributed by atoms with Gasteiger partial charge >= 0.3 is 5.97 Å². The molecule has 6 heteroatoms. The highest BCUT2D eigenvalue weighted by Gasteiger charge is 2.13. The van der Waals surface area contributed by atoms with Crippen LogP contribution < -0.4 is 0 Å². The number of carboxylic acids is 1. The Morgan fingerprint density at radius 3 is 2.64 bits per heavy atom. The van der Waals surface area contributed by atoms with Crippen molar-refractivity contribution >= 4 is 12.0 Å². The summed E-state index contributed by atoms with van der Waals surface area (Å²) in [7, 11) is 0. The molecule has 2 rings (SSSR count). The fourth-order valence-corrected chi connectivity index (χ4v) is 1.94. The van der Waals surface area contributed by atoms with Crippen LogP contribution in [-0.2, 0) is 11.3 Å². The van der Waals surface area contributed by atoms with E-state index in [9.17, 15) is 4.79 Å². The monoisotopic (exact) mass is 292 g/mol. The highest BCUT2D eigenvalue weighted by atomic mass is 16.4. The van der Waals surface area contributed by atoms with Gasteiger partial charge in [-0.25, -0.2) is 4.79 Å². The quantitative estimate of drug-likeness (QED) is 0.673. The van der Waals surface area contributed by atoms with Crippen molar-refractivity contribution in [1.82, 2.24) is 9.78 Å². The van der Waals surface area contributed by atoms with Crippen LogP contribution in [0.3, 0.4) is 0 Å². The van der Waals surface area contributed by atoms with Gasteiger partial charge < -0.3 is 5.11 Å². The second kappa shape index (κ2) is 6.87. The molecule has 0 aliphatic rings. The molecule has 108 valence electrons. The Morgan fingerprint density at radius 2 is 2.05 bits per heavy atom. The summed E-state index contributed by atoms with van der Waals surface area (Å²) in [6.45, 7) is 0.402. The fraction of sp³-hybridized carbons (Fsp3) is 0.125. The first kappa shape index (κ1) is 15.0. The highest BCUT2D eigenvalue weighted by molar-refractivity contribution is 5.97. The third-order valence-corrected chi connectivity index (χ3v) is 2.94. The van der Waals surface area contributed by atoms with Crippen molar-refractivity contribution in [2.24, 2.45) is 0 Å². The molecule has 2 aromatic rings. The number of carboxylic acid groups (broad SMARTS) is 1. The summed E-state index contributed by atoms with van der Waals surface area (Å²) < 4.78 is 1.58. The first-order chi connectivity index (χ1) is 10.7. The van der Waals surface area contributed by atoms with Crippen LogP contribution in [0.1, 0.15) is 12.0 Å². The van der Waals surface area contributed by atoms with Gasteiger partial charge in [-0.3, -0.25) is 4.68 Å². The molecule has 0 radical (unpaired) electrons. The Hall–Kier alpha value is -3.38. The lowest BCUT2D eigenvalue weighted by molar-refractivity contribution is -0.132. The molecule has 1 aromatic carbocycles. The van der Waals surface area contributed by atoms with Crippen molar-refractivity contribution in [3.63, 3.8) is 0 Å². The van der Waals surface area contributed by atoms with Crippen molar-refractivity contribution in [3.8, 4) is 23.4 Å². The molecular weight excluding hydrogens is 280 g/mol. The maximum atomic E-state index is 11.0. The molecule has 1 heterocycles. The van der Waals surface area contributed by atoms with Crippen LogP contribution in [0.2, 0.25) is 0 Å². The first-order valence-corrected chi connectivity index (χ1v) is 6.50. The van der Waals surface area contributed by atoms with Crippen molar-refractivity contribution in [2.45, 2.75) is 13.0 Å². The molecule has 1 N–H and O–H groups in total. The molecule has 0 fully saturated rings. The molecule has 1 aromatic heterocycles. The van der Waals surface area contributed by atoms with Crippen molar-refractivity contribution < 1.29 is 9.90 Å².